The quantitative estimate of drug-likeness (QED) is 0.575. The fraction of sp³-hybridized carbons (Fsp3) is 0.238. The minimum atomic E-state index is -0.278. The first-order valence-electron chi connectivity index (χ1n) is 9.38. The third kappa shape index (κ3) is 4.28. The summed E-state index contributed by atoms with van der Waals surface area (Å²) < 4.78 is 12.3. The average Bonchev–Trinajstić information content (AvgIpc) is 3.48. The lowest BCUT2D eigenvalue weighted by Crippen LogP contribution is -2.08. The maximum Gasteiger partial charge on any atom is 0.248 e. The summed E-state index contributed by atoms with van der Waals surface area (Å²) in [5.74, 6) is 1.36. The van der Waals surface area contributed by atoms with Gasteiger partial charge in [0.05, 0.1) is 25.3 Å². The molecule has 1 amide bonds. The molecule has 8 nitrogen and oxygen atoms in total. The first kappa shape index (κ1) is 19.9. The molecule has 0 unspecified atom stereocenters. The van der Waals surface area contributed by atoms with Crippen LogP contribution in [-0.2, 0) is 4.79 Å². The molecule has 1 aromatic heterocycles. The number of rotatable bonds is 7. The number of aromatic nitrogens is 4. The van der Waals surface area contributed by atoms with Gasteiger partial charge in [-0.2, -0.15) is 0 Å². The topological polar surface area (TPSA) is 91.2 Å². The highest BCUT2D eigenvalue weighted by Gasteiger charge is 2.28. The highest BCUT2D eigenvalue weighted by molar-refractivity contribution is 6.32. The van der Waals surface area contributed by atoms with Crippen molar-refractivity contribution in [3.8, 4) is 22.9 Å². The van der Waals surface area contributed by atoms with Gasteiger partial charge in [0, 0.05) is 17.3 Å². The Morgan fingerprint density at radius 3 is 2.80 bits per heavy atom. The third-order valence-electron chi connectivity index (χ3n) is 4.66. The molecule has 0 saturated heterocycles. The molecule has 0 radical (unpaired) electrons. The first-order chi connectivity index (χ1) is 14.6. The van der Waals surface area contributed by atoms with Gasteiger partial charge in [-0.1, -0.05) is 23.7 Å². The second kappa shape index (κ2) is 8.54. The van der Waals surface area contributed by atoms with E-state index < -0.39 is 0 Å². The van der Waals surface area contributed by atoms with E-state index in [1.165, 1.54) is 20.3 Å². The smallest absolute Gasteiger partial charge is 0.248 e. The Morgan fingerprint density at radius 1 is 1.23 bits per heavy atom. The molecule has 1 aliphatic carbocycles. The predicted octanol–water partition coefficient (Wildman–Crippen LogP) is 4.00. The van der Waals surface area contributed by atoms with Crippen molar-refractivity contribution in [2.45, 2.75) is 18.9 Å². The summed E-state index contributed by atoms with van der Waals surface area (Å²) in [6.07, 6.45) is 5.25. The van der Waals surface area contributed by atoms with E-state index in [4.69, 9.17) is 21.1 Å². The van der Waals surface area contributed by atoms with Crippen molar-refractivity contribution in [1.82, 2.24) is 20.2 Å². The Morgan fingerprint density at radius 2 is 2.07 bits per heavy atom. The Labute approximate surface area is 178 Å². The molecule has 1 saturated carbocycles. The van der Waals surface area contributed by atoms with Crippen molar-refractivity contribution in [1.29, 1.82) is 0 Å². The number of tetrazole rings is 1. The molecule has 1 fully saturated rings. The summed E-state index contributed by atoms with van der Waals surface area (Å²) >= 11 is 6.21. The highest BCUT2D eigenvalue weighted by atomic mass is 35.5. The van der Waals surface area contributed by atoms with E-state index in [-0.39, 0.29) is 5.91 Å². The summed E-state index contributed by atoms with van der Waals surface area (Å²) in [6.45, 7) is 0. The third-order valence-corrected chi connectivity index (χ3v) is 4.94. The maximum absolute atomic E-state index is 12.4. The molecule has 0 aliphatic heterocycles. The molecule has 3 aromatic rings. The summed E-state index contributed by atoms with van der Waals surface area (Å²) in [7, 11) is 3.05. The summed E-state index contributed by atoms with van der Waals surface area (Å²) in [4.78, 5) is 12.4. The summed E-state index contributed by atoms with van der Waals surface area (Å²) in [5.41, 5.74) is 2.21. The average molecular weight is 426 g/mol. The fourth-order valence-corrected chi connectivity index (χ4v) is 3.37. The number of anilines is 1. The van der Waals surface area contributed by atoms with E-state index in [0.29, 0.717) is 39.6 Å². The molecule has 0 spiro atoms. The van der Waals surface area contributed by atoms with Gasteiger partial charge in [0.15, 0.2) is 17.3 Å². The number of hydrogen-bond acceptors (Lipinski definition) is 6. The second-order valence-corrected chi connectivity index (χ2v) is 7.23. The molecule has 2 aromatic carbocycles. The second-order valence-electron chi connectivity index (χ2n) is 6.82. The SMILES string of the molecule is COc1cc(/C=C/C(=O)Nc2cccc(-c3nnnn3C3CC3)c2)cc(Cl)c1OC. The van der Waals surface area contributed by atoms with Crippen molar-refractivity contribution < 1.29 is 14.3 Å². The lowest BCUT2D eigenvalue weighted by atomic mass is 10.1. The van der Waals surface area contributed by atoms with Crippen molar-refractivity contribution in [3.05, 3.63) is 53.1 Å². The largest absolute Gasteiger partial charge is 0.493 e. The standard InChI is InChI=1S/C21H20ClN5O3/c1-29-18-11-13(10-17(22)20(18)30-2)6-9-19(28)23-15-5-3-4-14(12-15)21-24-25-26-27(21)16-7-8-16/h3-6,9-12,16H,7-8H2,1-2H3,(H,23,28)/b9-6+. The fourth-order valence-electron chi connectivity index (χ4n) is 3.07. The Kier molecular flexibility index (Phi) is 5.67. The maximum atomic E-state index is 12.4. The lowest BCUT2D eigenvalue weighted by molar-refractivity contribution is -0.111. The van der Waals surface area contributed by atoms with Crippen LogP contribution >= 0.6 is 11.6 Å². The molecule has 0 atom stereocenters. The molecule has 1 N–H and O–H groups in total. The van der Waals surface area contributed by atoms with Crippen LogP contribution in [0.5, 0.6) is 11.5 Å². The van der Waals surface area contributed by atoms with Gasteiger partial charge < -0.3 is 14.8 Å². The van der Waals surface area contributed by atoms with Crippen LogP contribution in [0.15, 0.2) is 42.5 Å². The first-order valence-corrected chi connectivity index (χ1v) is 9.75. The molecule has 1 aliphatic rings. The van der Waals surface area contributed by atoms with Crippen LogP contribution in [-0.4, -0.2) is 40.3 Å². The number of ether oxygens (including phenoxy) is 2. The number of carbonyl (C=O) groups excluding carboxylic acids is 1. The van der Waals surface area contributed by atoms with E-state index in [9.17, 15) is 4.79 Å². The van der Waals surface area contributed by atoms with Crippen LogP contribution in [0.4, 0.5) is 5.69 Å². The number of benzene rings is 2. The normalized spacial score (nSPS) is 13.4. The molecule has 154 valence electrons. The van der Waals surface area contributed by atoms with E-state index in [2.05, 4.69) is 20.8 Å². The number of amides is 1. The zero-order valence-electron chi connectivity index (χ0n) is 16.5. The van der Waals surface area contributed by atoms with Crippen molar-refractivity contribution >= 4 is 29.3 Å². The van der Waals surface area contributed by atoms with Crippen molar-refractivity contribution in [2.75, 3.05) is 19.5 Å². The Bertz CT molecular complexity index is 1110. The summed E-state index contributed by atoms with van der Waals surface area (Å²) in [6, 6.07) is 11.2. The molecule has 30 heavy (non-hydrogen) atoms. The molecular weight excluding hydrogens is 406 g/mol. The number of hydrogen-bond donors (Lipinski definition) is 1. The molecule has 1 heterocycles. The van der Waals surface area contributed by atoms with Crippen LogP contribution in [0.2, 0.25) is 5.02 Å². The van der Waals surface area contributed by atoms with Gasteiger partial charge >= 0.3 is 0 Å². The van der Waals surface area contributed by atoms with Crippen LogP contribution < -0.4 is 14.8 Å². The summed E-state index contributed by atoms with van der Waals surface area (Å²) in [5, 5.41) is 15.2. The van der Waals surface area contributed by atoms with Crippen molar-refractivity contribution in [2.24, 2.45) is 0 Å². The number of carbonyl (C=O) groups is 1. The van der Waals surface area contributed by atoms with Gasteiger partial charge in [-0.25, -0.2) is 4.68 Å². The van der Waals surface area contributed by atoms with Gasteiger partial charge in [0.25, 0.3) is 0 Å². The minimum absolute atomic E-state index is 0.278. The zero-order chi connectivity index (χ0) is 21.1. The van der Waals surface area contributed by atoms with Gasteiger partial charge in [-0.3, -0.25) is 4.79 Å². The monoisotopic (exact) mass is 425 g/mol. The molecule has 9 heteroatoms. The van der Waals surface area contributed by atoms with Gasteiger partial charge in [-0.15, -0.1) is 5.10 Å². The lowest BCUT2D eigenvalue weighted by Gasteiger charge is -2.10. The van der Waals surface area contributed by atoms with Crippen LogP contribution in [0, 0.1) is 0 Å². The van der Waals surface area contributed by atoms with Crippen molar-refractivity contribution in [3.63, 3.8) is 0 Å². The predicted molar refractivity (Wildman–Crippen MR) is 114 cm³/mol. The minimum Gasteiger partial charge on any atom is -0.493 e. The van der Waals surface area contributed by atoms with Gasteiger partial charge in [0.2, 0.25) is 5.91 Å². The zero-order valence-corrected chi connectivity index (χ0v) is 17.3. The Hall–Kier alpha value is -3.39. The van der Waals surface area contributed by atoms with Crippen LogP contribution in [0.1, 0.15) is 24.4 Å². The number of nitrogens with zero attached hydrogens (tertiary/aromatic N) is 4. The van der Waals surface area contributed by atoms with E-state index in [0.717, 1.165) is 18.4 Å². The molecule has 4 rings (SSSR count). The number of nitrogens with one attached hydrogen (secondary N) is 1. The number of methoxy groups -OCH3 is 2. The molecular formula is C21H20ClN5O3. The number of halogens is 1. The van der Waals surface area contributed by atoms with Gasteiger partial charge in [-0.05, 0) is 59.2 Å². The van der Waals surface area contributed by atoms with Crippen LogP contribution in [0.3, 0.4) is 0 Å². The highest BCUT2D eigenvalue weighted by Crippen LogP contribution is 2.37. The molecule has 0 bridgehead atoms. The van der Waals surface area contributed by atoms with Gasteiger partial charge in [0.1, 0.15) is 0 Å². The van der Waals surface area contributed by atoms with Crippen LogP contribution in [0.25, 0.3) is 17.5 Å². The Balaban J connectivity index is 1.48. The van der Waals surface area contributed by atoms with E-state index in [1.807, 2.05) is 28.9 Å². The van der Waals surface area contributed by atoms with E-state index >= 15 is 0 Å². The van der Waals surface area contributed by atoms with E-state index in [1.54, 1.807) is 18.2 Å².